The molecule has 2 aliphatic heterocycles. The van der Waals surface area contributed by atoms with Crippen LogP contribution in [0.15, 0.2) is 30.3 Å². The van der Waals surface area contributed by atoms with Gasteiger partial charge >= 0.3 is 7.12 Å². The number of aromatic nitrogens is 1. The molecule has 9 heteroatoms. The number of likely N-dealkylation sites (tertiary alicyclic amines) is 1. The van der Waals surface area contributed by atoms with Crippen molar-refractivity contribution in [2.75, 3.05) is 27.7 Å². The maximum Gasteiger partial charge on any atom is 0.481 e. The number of pyridine rings is 1. The van der Waals surface area contributed by atoms with Crippen LogP contribution in [0.1, 0.15) is 63.7 Å². The number of nitrogens with zero attached hydrogens (tertiary/aromatic N) is 3. The standard InChI is InChI=1S/C30H41BN4O4/c1-18(32-27(36)21-17-26(35(5,6)7)33-22-12-9-8-11-20(21)22)28(37)34-14-10-13-25(34)31-38-24-16-19-15-23(29(19,2)3)30(24,4)39-31/h8-9,11-12,17-19,23-25H,10,13-16H2,1-7H3/p+1/t18-,19+,23+,24?,25+,30+/m1/s1. The summed E-state index contributed by atoms with van der Waals surface area (Å²) < 4.78 is 13.7. The number of fused-ring (bicyclic) bond motifs is 1. The van der Waals surface area contributed by atoms with Gasteiger partial charge in [0.2, 0.25) is 11.7 Å². The largest absolute Gasteiger partial charge is 0.481 e. The summed E-state index contributed by atoms with van der Waals surface area (Å²) in [6.45, 7) is 9.35. The minimum absolute atomic E-state index is 0.0874. The Morgan fingerprint density at radius 1 is 1.18 bits per heavy atom. The van der Waals surface area contributed by atoms with Gasteiger partial charge in [-0.1, -0.05) is 32.0 Å². The van der Waals surface area contributed by atoms with E-state index in [4.69, 9.17) is 14.3 Å². The van der Waals surface area contributed by atoms with Crippen molar-refractivity contribution < 1.29 is 18.9 Å². The minimum Gasteiger partial charge on any atom is -0.404 e. The van der Waals surface area contributed by atoms with Crippen LogP contribution in [-0.2, 0) is 14.1 Å². The lowest BCUT2D eigenvalue weighted by molar-refractivity contribution is -0.199. The van der Waals surface area contributed by atoms with Crippen LogP contribution >= 0.6 is 0 Å². The van der Waals surface area contributed by atoms with E-state index in [1.54, 1.807) is 6.92 Å². The second-order valence-electron chi connectivity index (χ2n) is 13.8. The second-order valence-corrected chi connectivity index (χ2v) is 13.8. The summed E-state index contributed by atoms with van der Waals surface area (Å²) in [7, 11) is 5.65. The van der Waals surface area contributed by atoms with E-state index in [2.05, 4.69) is 26.1 Å². The van der Waals surface area contributed by atoms with E-state index in [0.29, 0.717) is 28.4 Å². The molecule has 2 saturated heterocycles. The summed E-state index contributed by atoms with van der Waals surface area (Å²) in [5.41, 5.74) is 1.27. The van der Waals surface area contributed by atoms with Crippen molar-refractivity contribution in [3.8, 4) is 0 Å². The molecule has 1 aromatic heterocycles. The number of quaternary nitrogens is 1. The van der Waals surface area contributed by atoms with Crippen molar-refractivity contribution >= 4 is 35.7 Å². The van der Waals surface area contributed by atoms with Gasteiger partial charge in [0.1, 0.15) is 6.04 Å². The topological polar surface area (TPSA) is 80.8 Å². The number of rotatable bonds is 5. The lowest BCUT2D eigenvalue weighted by Gasteiger charge is -2.64. The molecule has 5 fully saturated rings. The van der Waals surface area contributed by atoms with Gasteiger partial charge in [0.15, 0.2) is 0 Å². The minimum atomic E-state index is -0.677. The van der Waals surface area contributed by atoms with Gasteiger partial charge in [0.05, 0.1) is 49.9 Å². The van der Waals surface area contributed by atoms with Crippen molar-refractivity contribution in [1.82, 2.24) is 19.7 Å². The van der Waals surface area contributed by atoms with Crippen LogP contribution < -0.4 is 9.80 Å². The molecule has 8 nitrogen and oxygen atoms in total. The summed E-state index contributed by atoms with van der Waals surface area (Å²) in [6.07, 6.45) is 4.06. The Morgan fingerprint density at radius 3 is 2.64 bits per heavy atom. The Labute approximate surface area is 232 Å². The Kier molecular flexibility index (Phi) is 6.18. The van der Waals surface area contributed by atoms with Gasteiger partial charge in [-0.2, -0.15) is 4.98 Å². The second kappa shape index (κ2) is 9.01. The quantitative estimate of drug-likeness (QED) is 0.467. The van der Waals surface area contributed by atoms with Crippen LogP contribution in [0.3, 0.4) is 0 Å². The molecule has 208 valence electrons. The van der Waals surface area contributed by atoms with Crippen molar-refractivity contribution in [2.24, 2.45) is 17.3 Å². The molecule has 2 amide bonds. The first-order valence-electron chi connectivity index (χ1n) is 14.5. The smallest absolute Gasteiger partial charge is 0.404 e. The zero-order valence-corrected chi connectivity index (χ0v) is 24.4. The van der Waals surface area contributed by atoms with Gasteiger partial charge in [0, 0.05) is 18.0 Å². The SMILES string of the molecule is C[C@@H](NC(=O)c1cc([N+](C)(C)C)nc2ccccc12)C(=O)N1CCC[C@H]1B1OC2C[C@@H]3C[C@@H](C3(C)C)[C@]2(C)O1. The third kappa shape index (κ3) is 4.20. The fourth-order valence-electron chi connectivity index (χ4n) is 7.69. The first-order valence-corrected chi connectivity index (χ1v) is 14.5. The van der Waals surface area contributed by atoms with Crippen LogP contribution in [0.2, 0.25) is 0 Å². The van der Waals surface area contributed by atoms with E-state index in [0.717, 1.165) is 36.0 Å². The molecule has 6 atom stereocenters. The highest BCUT2D eigenvalue weighted by atomic mass is 16.7. The zero-order chi connectivity index (χ0) is 27.9. The number of amides is 2. The molecule has 3 saturated carbocycles. The van der Waals surface area contributed by atoms with Crippen molar-refractivity contribution in [2.45, 2.75) is 77.1 Å². The molecular weight excluding hydrogens is 491 g/mol. The molecule has 3 heterocycles. The molecule has 5 aliphatic rings. The zero-order valence-electron chi connectivity index (χ0n) is 24.4. The summed E-state index contributed by atoms with van der Waals surface area (Å²) in [4.78, 5) is 33.9. The summed E-state index contributed by atoms with van der Waals surface area (Å²) in [5.74, 6) is 1.45. The number of hydrogen-bond acceptors (Lipinski definition) is 5. The lowest BCUT2D eigenvalue weighted by atomic mass is 9.43. The van der Waals surface area contributed by atoms with Crippen LogP contribution in [0.4, 0.5) is 5.82 Å². The first-order chi connectivity index (χ1) is 18.3. The molecule has 1 N–H and O–H groups in total. The Morgan fingerprint density at radius 2 is 1.92 bits per heavy atom. The first kappa shape index (κ1) is 26.7. The van der Waals surface area contributed by atoms with Gasteiger partial charge in [-0.3, -0.25) is 14.1 Å². The van der Waals surface area contributed by atoms with E-state index in [1.807, 2.05) is 56.4 Å². The lowest BCUT2D eigenvalue weighted by Crippen LogP contribution is -2.65. The molecule has 1 aromatic carbocycles. The highest BCUT2D eigenvalue weighted by Crippen LogP contribution is 2.66. The number of benzene rings is 1. The Bertz CT molecular complexity index is 1330. The van der Waals surface area contributed by atoms with E-state index < -0.39 is 13.2 Å². The van der Waals surface area contributed by atoms with E-state index in [1.165, 1.54) is 6.42 Å². The predicted octanol–water partition coefficient (Wildman–Crippen LogP) is 3.81. The maximum absolute atomic E-state index is 13.7. The van der Waals surface area contributed by atoms with Crippen molar-refractivity contribution in [3.05, 3.63) is 35.9 Å². The number of carbonyl (C=O) groups excluding carboxylic acids is 2. The predicted molar refractivity (Wildman–Crippen MR) is 153 cm³/mol. The third-order valence-corrected chi connectivity index (χ3v) is 10.2. The average Bonchev–Trinajstić information content (AvgIpc) is 3.50. The summed E-state index contributed by atoms with van der Waals surface area (Å²) in [6, 6.07) is 8.80. The molecule has 0 radical (unpaired) electrons. The van der Waals surface area contributed by atoms with E-state index in [9.17, 15) is 9.59 Å². The van der Waals surface area contributed by atoms with Crippen LogP contribution in [-0.4, -0.2) is 80.2 Å². The number of nitrogens with one attached hydrogen (secondary N) is 1. The molecule has 2 aromatic rings. The van der Waals surface area contributed by atoms with Crippen molar-refractivity contribution in [3.63, 3.8) is 0 Å². The van der Waals surface area contributed by atoms with E-state index in [-0.39, 0.29) is 34.9 Å². The maximum atomic E-state index is 13.7. The van der Waals surface area contributed by atoms with Crippen LogP contribution in [0.5, 0.6) is 0 Å². The summed E-state index contributed by atoms with van der Waals surface area (Å²) in [5, 5.41) is 3.76. The van der Waals surface area contributed by atoms with Gasteiger partial charge in [-0.25, -0.2) is 0 Å². The Balaban J connectivity index is 1.18. The fraction of sp³-hybridized carbons (Fsp3) is 0.633. The van der Waals surface area contributed by atoms with Crippen LogP contribution in [0, 0.1) is 17.3 Å². The average molecular weight is 534 g/mol. The highest BCUT2D eigenvalue weighted by Gasteiger charge is 2.69. The fourth-order valence-corrected chi connectivity index (χ4v) is 7.69. The molecule has 0 spiro atoms. The van der Waals surface area contributed by atoms with Gasteiger partial charge in [-0.05, 0) is 62.8 Å². The summed E-state index contributed by atoms with van der Waals surface area (Å²) >= 11 is 0. The molecule has 3 aliphatic carbocycles. The van der Waals surface area contributed by atoms with Crippen LogP contribution in [0.25, 0.3) is 10.9 Å². The number of hydrogen-bond donors (Lipinski definition) is 1. The molecular formula is C30H42BN4O4+. The molecule has 39 heavy (non-hydrogen) atoms. The Hall–Kier alpha value is -2.49. The number of carbonyl (C=O) groups is 2. The highest BCUT2D eigenvalue weighted by molar-refractivity contribution is 6.48. The van der Waals surface area contributed by atoms with Crippen molar-refractivity contribution in [1.29, 1.82) is 0 Å². The number of para-hydroxylation sites is 1. The monoisotopic (exact) mass is 533 g/mol. The third-order valence-electron chi connectivity index (χ3n) is 10.2. The van der Waals surface area contributed by atoms with Gasteiger partial charge in [-0.15, -0.1) is 0 Å². The normalized spacial score (nSPS) is 32.1. The van der Waals surface area contributed by atoms with Gasteiger partial charge < -0.3 is 19.5 Å². The van der Waals surface area contributed by atoms with E-state index >= 15 is 0 Å². The van der Waals surface area contributed by atoms with Gasteiger partial charge in [0.25, 0.3) is 5.91 Å². The molecule has 1 unspecified atom stereocenters. The molecule has 7 rings (SSSR count). The molecule has 2 bridgehead atoms.